The molecular weight excluding hydrogens is 437 g/mol. The number of amides is 2. The number of nitrogens with one attached hydrogen (secondary N) is 3. The van der Waals surface area contributed by atoms with E-state index in [0.717, 1.165) is 0 Å². The summed E-state index contributed by atoms with van der Waals surface area (Å²) in [6, 6.07) is 15.3. The molecule has 3 N–H and O–H groups in total. The van der Waals surface area contributed by atoms with Gasteiger partial charge in [-0.25, -0.2) is 17.6 Å². The molecule has 0 aliphatic rings. The Balaban J connectivity index is 1.78. The largest absolute Gasteiger partial charge is 0.495 e. The van der Waals surface area contributed by atoms with Crippen LogP contribution < -0.4 is 24.8 Å². The maximum absolute atomic E-state index is 13.0. The monoisotopic (exact) mass is 459 g/mol. The lowest BCUT2D eigenvalue weighted by Crippen LogP contribution is -2.20. The number of benzene rings is 3. The summed E-state index contributed by atoms with van der Waals surface area (Å²) in [6.45, 7) is 2.35. The highest BCUT2D eigenvalue weighted by Gasteiger charge is 2.21. The van der Waals surface area contributed by atoms with E-state index in [0.29, 0.717) is 23.7 Å². The number of halogens is 1. The molecule has 0 heterocycles. The molecule has 3 aromatic rings. The molecule has 0 spiro atoms. The third kappa shape index (κ3) is 5.88. The molecule has 0 radical (unpaired) electrons. The van der Waals surface area contributed by atoms with E-state index in [1.807, 2.05) is 6.92 Å². The summed E-state index contributed by atoms with van der Waals surface area (Å²) in [7, 11) is -2.69. The Labute approximate surface area is 185 Å². The average Bonchev–Trinajstić information content (AvgIpc) is 2.76. The minimum Gasteiger partial charge on any atom is -0.495 e. The zero-order valence-electron chi connectivity index (χ0n) is 17.4. The number of sulfonamides is 1. The highest BCUT2D eigenvalue weighted by molar-refractivity contribution is 7.92. The Hall–Kier alpha value is -3.79. The van der Waals surface area contributed by atoms with Crippen molar-refractivity contribution in [1.29, 1.82) is 0 Å². The molecular formula is C22H22FN3O5S. The molecule has 3 rings (SSSR count). The number of ether oxygens (including phenoxy) is 2. The summed E-state index contributed by atoms with van der Waals surface area (Å²) >= 11 is 0. The van der Waals surface area contributed by atoms with E-state index in [4.69, 9.17) is 9.47 Å². The Morgan fingerprint density at radius 3 is 2.12 bits per heavy atom. The van der Waals surface area contributed by atoms with Gasteiger partial charge in [0.1, 0.15) is 22.2 Å². The molecule has 0 saturated heterocycles. The van der Waals surface area contributed by atoms with E-state index in [-0.39, 0.29) is 16.3 Å². The molecule has 0 aromatic heterocycles. The third-order valence-corrected chi connectivity index (χ3v) is 5.63. The van der Waals surface area contributed by atoms with E-state index < -0.39 is 21.9 Å². The highest BCUT2D eigenvalue weighted by atomic mass is 32.2. The van der Waals surface area contributed by atoms with Crippen LogP contribution >= 0.6 is 0 Å². The minimum absolute atomic E-state index is 0.105. The van der Waals surface area contributed by atoms with Crippen molar-refractivity contribution in [2.75, 3.05) is 29.1 Å². The SMILES string of the molecule is CCOc1ccc(NS(=O)(=O)c2cc(NC(=O)Nc3ccc(F)cc3)ccc2OC)cc1. The van der Waals surface area contributed by atoms with Gasteiger partial charge in [0.05, 0.1) is 13.7 Å². The van der Waals surface area contributed by atoms with Crippen LogP contribution in [0.25, 0.3) is 0 Å². The number of methoxy groups -OCH3 is 1. The lowest BCUT2D eigenvalue weighted by atomic mass is 10.3. The van der Waals surface area contributed by atoms with Crippen molar-refractivity contribution in [3.63, 3.8) is 0 Å². The molecule has 0 aliphatic carbocycles. The van der Waals surface area contributed by atoms with Crippen molar-refractivity contribution < 1.29 is 27.1 Å². The lowest BCUT2D eigenvalue weighted by Gasteiger charge is -2.14. The van der Waals surface area contributed by atoms with Crippen molar-refractivity contribution in [3.8, 4) is 11.5 Å². The van der Waals surface area contributed by atoms with Crippen LogP contribution in [-0.4, -0.2) is 28.2 Å². The maximum Gasteiger partial charge on any atom is 0.323 e. The van der Waals surface area contributed by atoms with Crippen molar-refractivity contribution in [2.24, 2.45) is 0 Å². The Kier molecular flexibility index (Phi) is 7.16. The molecule has 8 nitrogen and oxygen atoms in total. The van der Waals surface area contributed by atoms with Gasteiger partial charge in [0.15, 0.2) is 0 Å². The van der Waals surface area contributed by atoms with Gasteiger partial charge >= 0.3 is 6.03 Å². The van der Waals surface area contributed by atoms with Crippen LogP contribution in [0.1, 0.15) is 6.92 Å². The Morgan fingerprint density at radius 2 is 1.50 bits per heavy atom. The highest BCUT2D eigenvalue weighted by Crippen LogP contribution is 2.29. The molecule has 0 atom stereocenters. The molecule has 0 fully saturated rings. The summed E-state index contributed by atoms with van der Waals surface area (Å²) in [5.41, 5.74) is 0.933. The van der Waals surface area contributed by atoms with Gasteiger partial charge < -0.3 is 20.1 Å². The van der Waals surface area contributed by atoms with Gasteiger partial charge in [0.2, 0.25) is 0 Å². The van der Waals surface area contributed by atoms with Gasteiger partial charge in [-0.3, -0.25) is 4.72 Å². The fourth-order valence-corrected chi connectivity index (χ4v) is 4.04. The van der Waals surface area contributed by atoms with Gasteiger partial charge in [0, 0.05) is 17.1 Å². The van der Waals surface area contributed by atoms with E-state index in [1.54, 1.807) is 24.3 Å². The fraction of sp³-hybridized carbons (Fsp3) is 0.136. The number of carbonyl (C=O) groups is 1. The second-order valence-corrected chi connectivity index (χ2v) is 8.17. The summed E-state index contributed by atoms with van der Waals surface area (Å²) in [6.07, 6.45) is 0. The summed E-state index contributed by atoms with van der Waals surface area (Å²) in [5.74, 6) is 0.292. The molecule has 32 heavy (non-hydrogen) atoms. The number of urea groups is 1. The average molecular weight is 459 g/mol. The summed E-state index contributed by atoms with van der Waals surface area (Å²) < 4.78 is 51.9. The first-order valence-corrected chi connectivity index (χ1v) is 11.1. The van der Waals surface area contributed by atoms with Crippen molar-refractivity contribution in [1.82, 2.24) is 0 Å². The van der Waals surface area contributed by atoms with Crippen molar-refractivity contribution >= 4 is 33.1 Å². The standard InChI is InChI=1S/C22H22FN3O5S/c1-3-31-19-11-8-17(9-12-19)26-32(28,29)21-14-18(10-13-20(21)30-2)25-22(27)24-16-6-4-15(23)5-7-16/h4-14,26H,3H2,1-2H3,(H2,24,25,27). The molecule has 168 valence electrons. The molecule has 0 bridgehead atoms. The van der Waals surface area contributed by atoms with Crippen LogP contribution in [0.5, 0.6) is 11.5 Å². The van der Waals surface area contributed by atoms with Crippen LogP contribution in [0.3, 0.4) is 0 Å². The van der Waals surface area contributed by atoms with E-state index in [2.05, 4.69) is 15.4 Å². The minimum atomic E-state index is -4.03. The smallest absolute Gasteiger partial charge is 0.323 e. The fourth-order valence-electron chi connectivity index (χ4n) is 2.79. The first kappa shape index (κ1) is 22.9. The van der Waals surface area contributed by atoms with E-state index in [1.165, 1.54) is 49.6 Å². The molecule has 0 unspecified atom stereocenters. The Bertz CT molecular complexity index is 1180. The second-order valence-electron chi connectivity index (χ2n) is 6.51. The van der Waals surface area contributed by atoms with Gasteiger partial charge in [-0.15, -0.1) is 0 Å². The zero-order chi connectivity index (χ0) is 23.1. The predicted octanol–water partition coefficient (Wildman–Crippen LogP) is 4.68. The quantitative estimate of drug-likeness (QED) is 0.454. The molecule has 2 amide bonds. The lowest BCUT2D eigenvalue weighted by molar-refractivity contribution is 0.262. The van der Waals surface area contributed by atoms with Crippen LogP contribution in [-0.2, 0) is 10.0 Å². The van der Waals surface area contributed by atoms with Crippen LogP contribution in [0.15, 0.2) is 71.6 Å². The van der Waals surface area contributed by atoms with Gasteiger partial charge in [-0.2, -0.15) is 0 Å². The second kappa shape index (κ2) is 10.0. The number of hydrogen-bond acceptors (Lipinski definition) is 5. The van der Waals surface area contributed by atoms with Gasteiger partial charge in [-0.05, 0) is 73.7 Å². The van der Waals surface area contributed by atoms with Gasteiger partial charge in [0.25, 0.3) is 10.0 Å². The Morgan fingerprint density at radius 1 is 0.906 bits per heavy atom. The van der Waals surface area contributed by atoms with Gasteiger partial charge in [-0.1, -0.05) is 0 Å². The first-order valence-electron chi connectivity index (χ1n) is 9.58. The number of hydrogen-bond donors (Lipinski definition) is 3. The molecule has 0 aliphatic heterocycles. The van der Waals surface area contributed by atoms with Crippen molar-refractivity contribution in [3.05, 3.63) is 72.5 Å². The van der Waals surface area contributed by atoms with Crippen LogP contribution in [0.2, 0.25) is 0 Å². The third-order valence-electron chi connectivity index (χ3n) is 4.23. The molecule has 10 heteroatoms. The number of rotatable bonds is 8. The summed E-state index contributed by atoms with van der Waals surface area (Å²) in [5, 5.41) is 5.08. The molecule has 0 saturated carbocycles. The van der Waals surface area contributed by atoms with Crippen LogP contribution in [0, 0.1) is 5.82 Å². The van der Waals surface area contributed by atoms with Crippen molar-refractivity contribution in [2.45, 2.75) is 11.8 Å². The number of anilines is 3. The predicted molar refractivity (Wildman–Crippen MR) is 120 cm³/mol. The maximum atomic E-state index is 13.0. The van der Waals surface area contributed by atoms with Crippen LogP contribution in [0.4, 0.5) is 26.2 Å². The van der Waals surface area contributed by atoms with E-state index in [9.17, 15) is 17.6 Å². The molecule has 3 aromatic carbocycles. The zero-order valence-corrected chi connectivity index (χ0v) is 18.2. The normalized spacial score (nSPS) is 10.8. The topological polar surface area (TPSA) is 106 Å². The number of carbonyl (C=O) groups excluding carboxylic acids is 1. The summed E-state index contributed by atoms with van der Waals surface area (Å²) in [4.78, 5) is 12.1. The first-order chi connectivity index (χ1) is 15.3. The van der Waals surface area contributed by atoms with E-state index >= 15 is 0 Å².